The molecule has 21 heavy (non-hydrogen) atoms. The van der Waals surface area contributed by atoms with Crippen molar-refractivity contribution in [3.05, 3.63) is 57.0 Å². The lowest BCUT2D eigenvalue weighted by atomic mass is 10.2. The third kappa shape index (κ3) is 2.78. The van der Waals surface area contributed by atoms with Gasteiger partial charge in [-0.05, 0) is 26.0 Å². The Hall–Kier alpha value is -2.64. The van der Waals surface area contributed by atoms with Crippen LogP contribution in [0.2, 0.25) is 0 Å². The lowest BCUT2D eigenvalue weighted by Crippen LogP contribution is -2.27. The molecule has 0 aliphatic heterocycles. The second-order valence-electron chi connectivity index (χ2n) is 4.29. The summed E-state index contributed by atoms with van der Waals surface area (Å²) in [5.41, 5.74) is -1.47. The van der Waals surface area contributed by atoms with Crippen molar-refractivity contribution in [2.24, 2.45) is 0 Å². The molecule has 2 N–H and O–H groups in total. The molecule has 0 spiro atoms. The average molecular weight is 297 g/mol. The average Bonchev–Trinajstić information content (AvgIpc) is 2.38. The Morgan fingerprint density at radius 1 is 1.19 bits per heavy atom. The number of hydrogen-bond acceptors (Lipinski definition) is 3. The third-order valence-corrected chi connectivity index (χ3v) is 2.73. The number of hydrogen-bond donors (Lipinski definition) is 2. The SMILES string of the molecule is Cc1nc(C)c(C(=O)Nc2ccc(F)c(F)c2F)c(=O)[nH]1. The minimum absolute atomic E-state index is 0.136. The van der Waals surface area contributed by atoms with Crippen LogP contribution < -0.4 is 10.9 Å². The molecule has 0 atom stereocenters. The smallest absolute Gasteiger partial charge is 0.264 e. The molecule has 8 heteroatoms. The standard InChI is InChI=1S/C13H10F3N3O2/c1-5-9(12(20)18-6(2)17-5)13(21)19-8-4-3-7(14)10(15)11(8)16/h3-4H,1-2H3,(H,19,21)(H,17,18,20). The molecule has 1 aromatic heterocycles. The number of carbonyl (C=O) groups is 1. The van der Waals surface area contributed by atoms with E-state index in [1.54, 1.807) is 0 Å². The van der Waals surface area contributed by atoms with E-state index < -0.39 is 34.6 Å². The van der Waals surface area contributed by atoms with Crippen molar-refractivity contribution >= 4 is 11.6 Å². The second kappa shape index (κ2) is 5.39. The van der Waals surface area contributed by atoms with E-state index in [1.807, 2.05) is 5.32 Å². The number of nitrogens with one attached hydrogen (secondary N) is 2. The number of rotatable bonds is 2. The van der Waals surface area contributed by atoms with E-state index in [-0.39, 0.29) is 11.3 Å². The number of H-pyrrole nitrogens is 1. The van der Waals surface area contributed by atoms with Gasteiger partial charge in [-0.15, -0.1) is 0 Å². The summed E-state index contributed by atoms with van der Waals surface area (Å²) in [5, 5.41) is 2.02. The van der Waals surface area contributed by atoms with Gasteiger partial charge in [0.05, 0.1) is 11.4 Å². The zero-order valence-corrected chi connectivity index (χ0v) is 11.1. The maximum Gasteiger partial charge on any atom is 0.264 e. The lowest BCUT2D eigenvalue weighted by molar-refractivity contribution is 0.102. The fourth-order valence-corrected chi connectivity index (χ4v) is 1.80. The van der Waals surface area contributed by atoms with E-state index in [9.17, 15) is 22.8 Å². The van der Waals surface area contributed by atoms with E-state index in [2.05, 4.69) is 9.97 Å². The number of aromatic amines is 1. The summed E-state index contributed by atoms with van der Waals surface area (Å²) < 4.78 is 39.3. The molecule has 1 amide bonds. The number of aryl methyl sites for hydroxylation is 2. The van der Waals surface area contributed by atoms with Gasteiger partial charge in [-0.1, -0.05) is 0 Å². The predicted octanol–water partition coefficient (Wildman–Crippen LogP) is 2.06. The Morgan fingerprint density at radius 2 is 1.86 bits per heavy atom. The summed E-state index contributed by atoms with van der Waals surface area (Å²) in [7, 11) is 0. The number of benzene rings is 1. The van der Waals surface area contributed by atoms with Crippen LogP contribution in [0.1, 0.15) is 21.9 Å². The maximum absolute atomic E-state index is 13.5. The molecule has 1 heterocycles. The molecular formula is C13H10F3N3O2. The molecule has 0 radical (unpaired) electrons. The van der Waals surface area contributed by atoms with Gasteiger partial charge in [-0.25, -0.2) is 18.2 Å². The van der Waals surface area contributed by atoms with Crippen molar-refractivity contribution in [3.8, 4) is 0 Å². The van der Waals surface area contributed by atoms with Crippen LogP contribution >= 0.6 is 0 Å². The minimum Gasteiger partial charge on any atom is -0.319 e. The summed E-state index contributed by atoms with van der Waals surface area (Å²) in [6, 6.07) is 1.52. The van der Waals surface area contributed by atoms with Crippen molar-refractivity contribution in [2.45, 2.75) is 13.8 Å². The van der Waals surface area contributed by atoms with Gasteiger partial charge < -0.3 is 10.3 Å². The fraction of sp³-hybridized carbons (Fsp3) is 0.154. The van der Waals surface area contributed by atoms with Gasteiger partial charge in [0.25, 0.3) is 11.5 Å². The Kier molecular flexibility index (Phi) is 3.79. The number of anilines is 1. The highest BCUT2D eigenvalue weighted by Gasteiger charge is 2.19. The van der Waals surface area contributed by atoms with E-state index >= 15 is 0 Å². The lowest BCUT2D eigenvalue weighted by Gasteiger charge is -2.08. The molecule has 0 saturated carbocycles. The largest absolute Gasteiger partial charge is 0.319 e. The molecule has 0 bridgehead atoms. The van der Waals surface area contributed by atoms with Crippen LogP contribution in [0, 0.1) is 31.3 Å². The Labute approximate surface area is 116 Å². The molecule has 0 aliphatic carbocycles. The van der Waals surface area contributed by atoms with Crippen LogP contribution in [0.3, 0.4) is 0 Å². The Morgan fingerprint density at radius 3 is 2.48 bits per heavy atom. The monoisotopic (exact) mass is 297 g/mol. The molecule has 0 fully saturated rings. The summed E-state index contributed by atoms with van der Waals surface area (Å²) in [5.74, 6) is -5.28. The topological polar surface area (TPSA) is 74.8 Å². The first kappa shape index (κ1) is 14.8. The number of carbonyl (C=O) groups excluding carboxylic acids is 1. The van der Waals surface area contributed by atoms with Crippen LogP contribution in [0.4, 0.5) is 18.9 Å². The molecule has 0 unspecified atom stereocenters. The van der Waals surface area contributed by atoms with Crippen molar-refractivity contribution in [2.75, 3.05) is 5.32 Å². The summed E-state index contributed by atoms with van der Waals surface area (Å²) >= 11 is 0. The highest BCUT2D eigenvalue weighted by molar-refractivity contribution is 6.04. The Balaban J connectivity index is 2.40. The van der Waals surface area contributed by atoms with Gasteiger partial charge in [-0.2, -0.15) is 0 Å². The molecule has 2 aromatic rings. The first-order chi connectivity index (χ1) is 9.81. The molecule has 5 nitrogen and oxygen atoms in total. The summed E-state index contributed by atoms with van der Waals surface area (Å²) in [4.78, 5) is 29.9. The van der Waals surface area contributed by atoms with Gasteiger partial charge in [-0.3, -0.25) is 9.59 Å². The van der Waals surface area contributed by atoms with Crippen LogP contribution in [-0.4, -0.2) is 15.9 Å². The first-order valence-corrected chi connectivity index (χ1v) is 5.83. The van der Waals surface area contributed by atoms with E-state index in [4.69, 9.17) is 0 Å². The van der Waals surface area contributed by atoms with Gasteiger partial charge in [0.2, 0.25) is 0 Å². The van der Waals surface area contributed by atoms with E-state index in [1.165, 1.54) is 13.8 Å². The Bertz CT molecular complexity index is 787. The van der Waals surface area contributed by atoms with Crippen LogP contribution in [-0.2, 0) is 0 Å². The van der Waals surface area contributed by atoms with E-state index in [0.29, 0.717) is 11.9 Å². The van der Waals surface area contributed by atoms with Crippen molar-refractivity contribution < 1.29 is 18.0 Å². The van der Waals surface area contributed by atoms with Gasteiger partial charge in [0, 0.05) is 0 Å². The van der Waals surface area contributed by atoms with Crippen molar-refractivity contribution in [1.29, 1.82) is 0 Å². The summed E-state index contributed by atoms with van der Waals surface area (Å²) in [6.45, 7) is 2.96. The van der Waals surface area contributed by atoms with Gasteiger partial charge in [0.1, 0.15) is 11.4 Å². The molecule has 0 aliphatic rings. The molecule has 0 saturated heterocycles. The zero-order chi connectivity index (χ0) is 15.7. The van der Waals surface area contributed by atoms with Crippen LogP contribution in [0.15, 0.2) is 16.9 Å². The highest BCUT2D eigenvalue weighted by atomic mass is 19.2. The summed E-state index contributed by atoms with van der Waals surface area (Å²) in [6.07, 6.45) is 0. The molecule has 1 aromatic carbocycles. The van der Waals surface area contributed by atoms with Gasteiger partial charge in [0.15, 0.2) is 17.5 Å². The highest BCUT2D eigenvalue weighted by Crippen LogP contribution is 2.20. The quantitative estimate of drug-likeness (QED) is 0.833. The number of amides is 1. The number of halogens is 3. The second-order valence-corrected chi connectivity index (χ2v) is 4.29. The fourth-order valence-electron chi connectivity index (χ4n) is 1.80. The minimum atomic E-state index is -1.71. The van der Waals surface area contributed by atoms with E-state index in [0.717, 1.165) is 6.07 Å². The van der Waals surface area contributed by atoms with Crippen LogP contribution in [0.5, 0.6) is 0 Å². The zero-order valence-electron chi connectivity index (χ0n) is 11.1. The van der Waals surface area contributed by atoms with Crippen molar-refractivity contribution in [1.82, 2.24) is 9.97 Å². The first-order valence-electron chi connectivity index (χ1n) is 5.83. The maximum atomic E-state index is 13.5. The molecule has 110 valence electrons. The predicted molar refractivity (Wildman–Crippen MR) is 68.6 cm³/mol. The number of aromatic nitrogens is 2. The van der Waals surface area contributed by atoms with Gasteiger partial charge >= 0.3 is 0 Å². The normalized spacial score (nSPS) is 10.5. The van der Waals surface area contributed by atoms with Crippen molar-refractivity contribution in [3.63, 3.8) is 0 Å². The third-order valence-electron chi connectivity index (χ3n) is 2.73. The van der Waals surface area contributed by atoms with Crippen LogP contribution in [0.25, 0.3) is 0 Å². The molecular weight excluding hydrogens is 287 g/mol. The molecule has 2 rings (SSSR count). The number of nitrogens with zero attached hydrogens (tertiary/aromatic N) is 1.